The molecule has 1 aromatic rings. The first-order valence-corrected chi connectivity index (χ1v) is 8.08. The molecule has 2 amide bonds. The molecule has 1 atom stereocenters. The molecule has 6 heteroatoms. The van der Waals surface area contributed by atoms with E-state index in [4.69, 9.17) is 5.11 Å². The van der Waals surface area contributed by atoms with Crippen LogP contribution in [0.4, 0.5) is 0 Å². The van der Waals surface area contributed by atoms with Crippen LogP contribution in [0, 0.1) is 5.92 Å². The van der Waals surface area contributed by atoms with Crippen molar-refractivity contribution >= 4 is 17.8 Å². The van der Waals surface area contributed by atoms with Gasteiger partial charge in [-0.25, -0.2) is 0 Å². The van der Waals surface area contributed by atoms with E-state index in [-0.39, 0.29) is 30.2 Å². The number of carboxylic acid groups (broad SMARTS) is 1. The maximum atomic E-state index is 12.1. The molecular formula is C18H24N2O4. The summed E-state index contributed by atoms with van der Waals surface area (Å²) in [6.07, 6.45) is 0.0392. The smallest absolute Gasteiger partial charge is 0.308 e. The second-order valence-electron chi connectivity index (χ2n) is 7.16. The zero-order valence-electron chi connectivity index (χ0n) is 14.3. The Balaban J connectivity index is 1.83. The summed E-state index contributed by atoms with van der Waals surface area (Å²) in [5, 5.41) is 11.7. The van der Waals surface area contributed by atoms with Crippen molar-refractivity contribution in [3.8, 4) is 0 Å². The van der Waals surface area contributed by atoms with E-state index in [2.05, 4.69) is 26.1 Å². The summed E-state index contributed by atoms with van der Waals surface area (Å²) in [7, 11) is 0. The van der Waals surface area contributed by atoms with E-state index >= 15 is 0 Å². The fourth-order valence-electron chi connectivity index (χ4n) is 2.68. The van der Waals surface area contributed by atoms with Gasteiger partial charge in [0.2, 0.25) is 5.91 Å². The number of amides is 2. The molecule has 0 bridgehead atoms. The van der Waals surface area contributed by atoms with Gasteiger partial charge in [-0.15, -0.1) is 0 Å². The standard InChI is InChI=1S/C18H24N2O4/c1-18(2,3)14-6-4-12(5-7-14)16(22)19-8-9-20-11-13(17(23)24)10-15(20)21/h4-7,13H,8-11H2,1-3H3,(H,19,22)(H,23,24). The molecule has 1 aliphatic heterocycles. The van der Waals surface area contributed by atoms with Crippen molar-refractivity contribution in [3.63, 3.8) is 0 Å². The number of nitrogens with one attached hydrogen (secondary N) is 1. The quantitative estimate of drug-likeness (QED) is 0.858. The molecule has 0 aromatic heterocycles. The molecule has 1 aromatic carbocycles. The van der Waals surface area contributed by atoms with Crippen LogP contribution >= 0.6 is 0 Å². The summed E-state index contributed by atoms with van der Waals surface area (Å²) in [6.45, 7) is 7.18. The first-order valence-electron chi connectivity index (χ1n) is 8.08. The van der Waals surface area contributed by atoms with E-state index < -0.39 is 11.9 Å². The Morgan fingerprint density at radius 1 is 1.25 bits per heavy atom. The molecule has 1 saturated heterocycles. The third-order valence-corrected chi connectivity index (χ3v) is 4.24. The first kappa shape index (κ1) is 18.0. The van der Waals surface area contributed by atoms with Crippen LogP contribution in [0.25, 0.3) is 0 Å². The first-order chi connectivity index (χ1) is 11.2. The summed E-state index contributed by atoms with van der Waals surface area (Å²) >= 11 is 0. The van der Waals surface area contributed by atoms with Crippen LogP contribution in [0.1, 0.15) is 43.1 Å². The molecular weight excluding hydrogens is 308 g/mol. The van der Waals surface area contributed by atoms with Crippen molar-refractivity contribution in [1.82, 2.24) is 10.2 Å². The highest BCUT2D eigenvalue weighted by Crippen LogP contribution is 2.22. The fraction of sp³-hybridized carbons (Fsp3) is 0.500. The van der Waals surface area contributed by atoms with Crippen molar-refractivity contribution in [3.05, 3.63) is 35.4 Å². The number of carboxylic acids is 1. The van der Waals surface area contributed by atoms with E-state index in [9.17, 15) is 14.4 Å². The van der Waals surface area contributed by atoms with Gasteiger partial charge >= 0.3 is 5.97 Å². The maximum Gasteiger partial charge on any atom is 0.308 e. The van der Waals surface area contributed by atoms with Crippen LogP contribution in [-0.4, -0.2) is 47.4 Å². The molecule has 1 aliphatic rings. The zero-order valence-corrected chi connectivity index (χ0v) is 14.3. The maximum absolute atomic E-state index is 12.1. The third kappa shape index (κ3) is 4.34. The molecule has 0 spiro atoms. The van der Waals surface area contributed by atoms with Crippen LogP contribution in [0.3, 0.4) is 0 Å². The van der Waals surface area contributed by atoms with E-state index in [1.807, 2.05) is 12.1 Å². The average molecular weight is 332 g/mol. The molecule has 2 N–H and O–H groups in total. The van der Waals surface area contributed by atoms with Crippen molar-refractivity contribution in [2.24, 2.45) is 5.92 Å². The molecule has 6 nitrogen and oxygen atoms in total. The Labute approximate surface area is 141 Å². The Kier molecular flexibility index (Phi) is 5.26. The van der Waals surface area contributed by atoms with Crippen molar-refractivity contribution < 1.29 is 19.5 Å². The second-order valence-corrected chi connectivity index (χ2v) is 7.16. The topological polar surface area (TPSA) is 86.7 Å². The lowest BCUT2D eigenvalue weighted by atomic mass is 9.87. The Bertz CT molecular complexity index is 631. The molecule has 130 valence electrons. The molecule has 24 heavy (non-hydrogen) atoms. The predicted molar refractivity (Wildman–Crippen MR) is 89.8 cm³/mol. The summed E-state index contributed by atoms with van der Waals surface area (Å²) in [5.74, 6) is -1.96. The highest BCUT2D eigenvalue weighted by Gasteiger charge is 2.33. The van der Waals surface area contributed by atoms with Crippen molar-refractivity contribution in [2.45, 2.75) is 32.6 Å². The molecule has 1 heterocycles. The molecule has 2 rings (SSSR count). The lowest BCUT2D eigenvalue weighted by molar-refractivity contribution is -0.141. The largest absolute Gasteiger partial charge is 0.481 e. The van der Waals surface area contributed by atoms with Gasteiger partial charge in [-0.3, -0.25) is 14.4 Å². The normalized spacial score (nSPS) is 17.9. The highest BCUT2D eigenvalue weighted by molar-refractivity contribution is 5.94. The Morgan fingerprint density at radius 2 is 1.88 bits per heavy atom. The van der Waals surface area contributed by atoms with Gasteiger partial charge in [-0.05, 0) is 23.1 Å². The van der Waals surface area contributed by atoms with Crippen LogP contribution in [0.2, 0.25) is 0 Å². The van der Waals surface area contributed by atoms with Gasteiger partial charge in [-0.2, -0.15) is 0 Å². The van der Waals surface area contributed by atoms with Crippen LogP contribution in [-0.2, 0) is 15.0 Å². The number of aliphatic carboxylic acids is 1. The number of benzene rings is 1. The fourth-order valence-corrected chi connectivity index (χ4v) is 2.68. The van der Waals surface area contributed by atoms with Gasteiger partial charge in [0.15, 0.2) is 0 Å². The summed E-state index contributed by atoms with van der Waals surface area (Å²) in [6, 6.07) is 7.46. The van der Waals surface area contributed by atoms with E-state index in [1.165, 1.54) is 4.90 Å². The Morgan fingerprint density at radius 3 is 2.38 bits per heavy atom. The van der Waals surface area contributed by atoms with Gasteiger partial charge in [-0.1, -0.05) is 32.9 Å². The van der Waals surface area contributed by atoms with Gasteiger partial charge in [0.25, 0.3) is 5.91 Å². The monoisotopic (exact) mass is 332 g/mol. The Hall–Kier alpha value is -2.37. The highest BCUT2D eigenvalue weighted by atomic mass is 16.4. The number of hydrogen-bond donors (Lipinski definition) is 2. The van der Waals surface area contributed by atoms with E-state index in [0.717, 1.165) is 5.56 Å². The number of carbonyl (C=O) groups excluding carboxylic acids is 2. The minimum absolute atomic E-state index is 0.0335. The summed E-state index contributed by atoms with van der Waals surface area (Å²) in [5.41, 5.74) is 1.76. The zero-order chi connectivity index (χ0) is 17.9. The summed E-state index contributed by atoms with van der Waals surface area (Å²) < 4.78 is 0. The van der Waals surface area contributed by atoms with Crippen molar-refractivity contribution in [1.29, 1.82) is 0 Å². The van der Waals surface area contributed by atoms with Crippen molar-refractivity contribution in [2.75, 3.05) is 19.6 Å². The lowest BCUT2D eigenvalue weighted by Crippen LogP contribution is -2.36. The van der Waals surface area contributed by atoms with Gasteiger partial charge in [0.05, 0.1) is 5.92 Å². The summed E-state index contributed by atoms with van der Waals surface area (Å²) in [4.78, 5) is 36.2. The van der Waals surface area contributed by atoms with Gasteiger partial charge in [0.1, 0.15) is 0 Å². The minimum atomic E-state index is -0.950. The van der Waals surface area contributed by atoms with Gasteiger partial charge in [0, 0.05) is 31.6 Å². The number of carbonyl (C=O) groups is 3. The van der Waals surface area contributed by atoms with E-state index in [1.54, 1.807) is 12.1 Å². The third-order valence-electron chi connectivity index (χ3n) is 4.24. The van der Waals surface area contributed by atoms with Crippen LogP contribution < -0.4 is 5.32 Å². The number of nitrogens with zero attached hydrogens (tertiary/aromatic N) is 1. The molecule has 0 aliphatic carbocycles. The molecule has 0 saturated carbocycles. The average Bonchev–Trinajstić information content (AvgIpc) is 2.88. The van der Waals surface area contributed by atoms with Crippen LogP contribution in [0.15, 0.2) is 24.3 Å². The second kappa shape index (κ2) is 7.03. The van der Waals surface area contributed by atoms with Crippen LogP contribution in [0.5, 0.6) is 0 Å². The lowest BCUT2D eigenvalue weighted by Gasteiger charge is -2.19. The predicted octanol–water partition coefficient (Wildman–Crippen LogP) is 1.65. The minimum Gasteiger partial charge on any atom is -0.481 e. The number of hydrogen-bond acceptors (Lipinski definition) is 3. The molecule has 0 radical (unpaired) electrons. The molecule has 1 unspecified atom stereocenters. The SMILES string of the molecule is CC(C)(C)c1ccc(C(=O)NCCN2CC(C(=O)O)CC2=O)cc1. The van der Waals surface area contributed by atoms with E-state index in [0.29, 0.717) is 18.7 Å². The number of rotatable bonds is 5. The van der Waals surface area contributed by atoms with Gasteiger partial charge < -0.3 is 15.3 Å². The number of likely N-dealkylation sites (tertiary alicyclic amines) is 1. The molecule has 1 fully saturated rings.